The second kappa shape index (κ2) is 12.9. The maximum Gasteiger partial charge on any atom is 0.323 e. The van der Waals surface area contributed by atoms with Crippen molar-refractivity contribution >= 4 is 29.4 Å². The molecule has 2 aromatic rings. The van der Waals surface area contributed by atoms with E-state index in [0.29, 0.717) is 43.3 Å². The van der Waals surface area contributed by atoms with Crippen molar-refractivity contribution in [1.82, 2.24) is 20.4 Å². The number of carbonyl (C=O) groups is 3. The maximum atomic E-state index is 13.9. The van der Waals surface area contributed by atoms with Crippen LogP contribution in [0.2, 0.25) is 5.02 Å². The van der Waals surface area contributed by atoms with Gasteiger partial charge in [-0.3, -0.25) is 19.3 Å². The Balaban J connectivity index is 1.51. The summed E-state index contributed by atoms with van der Waals surface area (Å²) in [5, 5.41) is 6.96. The first kappa shape index (κ1) is 29.1. The van der Waals surface area contributed by atoms with Gasteiger partial charge in [0.15, 0.2) is 0 Å². The van der Waals surface area contributed by atoms with E-state index in [1.807, 2.05) is 30.3 Å². The third-order valence-electron chi connectivity index (χ3n) is 7.72. The predicted octanol–water partition coefficient (Wildman–Crippen LogP) is 2.81. The fraction of sp³-hybridized carbons (Fsp3) is 0.500. The second-order valence-electron chi connectivity index (χ2n) is 11.0. The van der Waals surface area contributed by atoms with E-state index in [0.717, 1.165) is 17.7 Å². The Kier molecular flexibility index (Phi) is 9.64. The highest BCUT2D eigenvalue weighted by atomic mass is 35.5. The van der Waals surface area contributed by atoms with E-state index in [-0.39, 0.29) is 23.8 Å². The molecule has 210 valence electrons. The van der Waals surface area contributed by atoms with Gasteiger partial charge in [-0.25, -0.2) is 0 Å². The molecular formula is C30H39ClN4O4. The Morgan fingerprint density at radius 1 is 1.13 bits per heavy atom. The third-order valence-corrected chi connectivity index (χ3v) is 7.97. The molecule has 0 unspecified atom stereocenters. The average molecular weight is 555 g/mol. The number of halogens is 1. The van der Waals surface area contributed by atoms with Gasteiger partial charge in [0.1, 0.15) is 12.1 Å². The van der Waals surface area contributed by atoms with Crippen LogP contribution < -0.4 is 10.6 Å². The van der Waals surface area contributed by atoms with E-state index in [2.05, 4.69) is 35.4 Å². The molecule has 2 aliphatic heterocycles. The molecule has 9 heteroatoms. The molecule has 4 atom stereocenters. The van der Waals surface area contributed by atoms with E-state index in [4.69, 9.17) is 16.3 Å². The molecule has 0 aromatic heterocycles. The lowest BCUT2D eigenvalue weighted by atomic mass is 9.95. The lowest BCUT2D eigenvalue weighted by Crippen LogP contribution is -2.56. The van der Waals surface area contributed by atoms with Gasteiger partial charge in [0, 0.05) is 44.2 Å². The van der Waals surface area contributed by atoms with Crippen LogP contribution in [0.3, 0.4) is 0 Å². The van der Waals surface area contributed by atoms with Crippen LogP contribution >= 0.6 is 11.6 Å². The number of carbonyl (C=O) groups excluding carboxylic acids is 3. The number of amides is 2. The Bertz CT molecular complexity index is 1170. The van der Waals surface area contributed by atoms with Crippen LogP contribution in [0.5, 0.6) is 0 Å². The van der Waals surface area contributed by atoms with E-state index in [9.17, 15) is 14.4 Å². The molecule has 39 heavy (non-hydrogen) atoms. The first-order valence-electron chi connectivity index (χ1n) is 13.6. The van der Waals surface area contributed by atoms with Crippen molar-refractivity contribution in [3.05, 3.63) is 70.2 Å². The number of rotatable bonds is 9. The van der Waals surface area contributed by atoms with Crippen LogP contribution in [0.4, 0.5) is 0 Å². The summed E-state index contributed by atoms with van der Waals surface area (Å²) in [6, 6.07) is 13.6. The number of nitrogens with one attached hydrogen (secondary N) is 2. The van der Waals surface area contributed by atoms with Crippen LogP contribution in [0, 0.1) is 5.92 Å². The number of esters is 1. The molecule has 4 rings (SSSR count). The molecule has 1 fully saturated rings. The van der Waals surface area contributed by atoms with Crippen molar-refractivity contribution in [1.29, 1.82) is 0 Å². The van der Waals surface area contributed by atoms with Crippen LogP contribution in [0.15, 0.2) is 48.5 Å². The molecular weight excluding hydrogens is 516 g/mol. The minimum Gasteiger partial charge on any atom is -0.468 e. The van der Waals surface area contributed by atoms with Crippen molar-refractivity contribution in [2.45, 2.75) is 63.8 Å². The highest BCUT2D eigenvalue weighted by molar-refractivity contribution is 6.30. The summed E-state index contributed by atoms with van der Waals surface area (Å²) >= 11 is 6.08. The molecule has 0 aliphatic carbocycles. The van der Waals surface area contributed by atoms with E-state index in [1.165, 1.54) is 12.7 Å². The largest absolute Gasteiger partial charge is 0.468 e. The highest BCUT2D eigenvalue weighted by Crippen LogP contribution is 2.25. The summed E-state index contributed by atoms with van der Waals surface area (Å²) in [6.07, 6.45) is 1.38. The number of hydrogen-bond donors (Lipinski definition) is 2. The van der Waals surface area contributed by atoms with Gasteiger partial charge in [0.05, 0.1) is 13.2 Å². The first-order valence-corrected chi connectivity index (χ1v) is 14.0. The number of methoxy groups -OCH3 is 1. The Labute approximate surface area is 236 Å². The third kappa shape index (κ3) is 7.18. The Morgan fingerprint density at radius 2 is 1.82 bits per heavy atom. The average Bonchev–Trinajstić information content (AvgIpc) is 3.35. The first-order chi connectivity index (χ1) is 18.7. The Morgan fingerprint density at radius 3 is 2.49 bits per heavy atom. The maximum absolute atomic E-state index is 13.9. The van der Waals surface area contributed by atoms with Gasteiger partial charge in [-0.15, -0.1) is 0 Å². The van der Waals surface area contributed by atoms with Crippen LogP contribution in [0.1, 0.15) is 37.0 Å². The number of benzene rings is 2. The normalized spacial score (nSPS) is 21.7. The monoisotopic (exact) mass is 554 g/mol. The SMILES string of the molecule is COC(=O)[C@@H]1C[C@H](N(C)C(=O)[C@@H](Cc2ccc(Cl)cc2)NC(=O)[C@H]2Cc3ccccc3CN2)CN1CC(C)C. The van der Waals surface area contributed by atoms with Crippen molar-refractivity contribution < 1.29 is 19.1 Å². The molecule has 2 N–H and O–H groups in total. The van der Waals surface area contributed by atoms with Gasteiger partial charge < -0.3 is 20.3 Å². The van der Waals surface area contributed by atoms with E-state index >= 15 is 0 Å². The molecule has 2 heterocycles. The number of nitrogens with zero attached hydrogens (tertiary/aromatic N) is 2. The second-order valence-corrected chi connectivity index (χ2v) is 11.5. The lowest BCUT2D eigenvalue weighted by Gasteiger charge is -2.31. The molecule has 2 aromatic carbocycles. The zero-order valence-corrected chi connectivity index (χ0v) is 23.9. The van der Waals surface area contributed by atoms with Gasteiger partial charge in [-0.05, 0) is 47.6 Å². The zero-order valence-electron chi connectivity index (χ0n) is 23.2. The van der Waals surface area contributed by atoms with Crippen molar-refractivity contribution in [2.24, 2.45) is 5.92 Å². The molecule has 8 nitrogen and oxygen atoms in total. The minimum absolute atomic E-state index is 0.176. The van der Waals surface area contributed by atoms with Crippen LogP contribution in [-0.2, 0) is 38.5 Å². The molecule has 0 saturated carbocycles. The fourth-order valence-electron chi connectivity index (χ4n) is 5.61. The summed E-state index contributed by atoms with van der Waals surface area (Å²) in [4.78, 5) is 43.7. The molecule has 0 spiro atoms. The molecule has 2 aliphatic rings. The standard InChI is InChI=1S/C30H39ClN4O4/c1-19(2)17-35-18-24(15-27(35)30(38)39-4)34(3)29(37)26(13-20-9-11-23(31)12-10-20)33-28(36)25-14-21-7-5-6-8-22(21)16-32-25/h5-12,19,24-27,32H,13-18H2,1-4H3,(H,33,36)/t24-,25+,26+,27-/m0/s1. The minimum atomic E-state index is -0.765. The number of fused-ring (bicyclic) bond motifs is 1. The van der Waals surface area contributed by atoms with Crippen LogP contribution in [-0.4, -0.2) is 79.0 Å². The lowest BCUT2D eigenvalue weighted by molar-refractivity contribution is -0.146. The summed E-state index contributed by atoms with van der Waals surface area (Å²) in [5.41, 5.74) is 3.22. The zero-order chi connectivity index (χ0) is 28.1. The molecule has 2 amide bonds. The van der Waals surface area contributed by atoms with Crippen LogP contribution in [0.25, 0.3) is 0 Å². The predicted molar refractivity (Wildman–Crippen MR) is 151 cm³/mol. The van der Waals surface area contributed by atoms with Crippen molar-refractivity contribution in [3.63, 3.8) is 0 Å². The summed E-state index contributed by atoms with van der Waals surface area (Å²) in [7, 11) is 3.16. The molecule has 0 radical (unpaired) electrons. The van der Waals surface area contributed by atoms with Gasteiger partial charge in [0.2, 0.25) is 11.8 Å². The number of likely N-dealkylation sites (N-methyl/N-ethyl adjacent to an activating group) is 1. The Hall–Kier alpha value is -2.94. The molecule has 0 bridgehead atoms. The van der Waals surface area contributed by atoms with E-state index in [1.54, 1.807) is 24.1 Å². The van der Waals surface area contributed by atoms with Gasteiger partial charge in [-0.2, -0.15) is 0 Å². The topological polar surface area (TPSA) is 91.0 Å². The van der Waals surface area contributed by atoms with Gasteiger partial charge in [0.25, 0.3) is 0 Å². The number of likely N-dealkylation sites (tertiary alicyclic amines) is 1. The van der Waals surface area contributed by atoms with E-state index < -0.39 is 18.1 Å². The summed E-state index contributed by atoms with van der Waals surface area (Å²) in [6.45, 7) is 6.12. The van der Waals surface area contributed by atoms with Crippen molar-refractivity contribution in [3.8, 4) is 0 Å². The number of ether oxygens (including phenoxy) is 1. The quantitative estimate of drug-likeness (QED) is 0.463. The number of hydrogen-bond acceptors (Lipinski definition) is 6. The summed E-state index contributed by atoms with van der Waals surface area (Å²) in [5.74, 6) is -0.310. The molecule has 1 saturated heterocycles. The fourth-order valence-corrected chi connectivity index (χ4v) is 5.73. The highest BCUT2D eigenvalue weighted by Gasteiger charge is 2.41. The smallest absolute Gasteiger partial charge is 0.323 e. The summed E-state index contributed by atoms with van der Waals surface area (Å²) < 4.78 is 5.06. The van der Waals surface area contributed by atoms with Gasteiger partial charge in [-0.1, -0.05) is 61.8 Å². The van der Waals surface area contributed by atoms with Gasteiger partial charge >= 0.3 is 5.97 Å². The van der Waals surface area contributed by atoms with Crippen molar-refractivity contribution in [2.75, 3.05) is 27.2 Å².